The van der Waals surface area contributed by atoms with Crippen LogP contribution in [-0.4, -0.2) is 19.2 Å². The molecule has 4 unspecified atom stereocenters. The van der Waals surface area contributed by atoms with E-state index < -0.39 is 11.6 Å². The molecular formula is C15H21F2NO. The van der Waals surface area contributed by atoms with Gasteiger partial charge in [-0.15, -0.1) is 0 Å². The van der Waals surface area contributed by atoms with E-state index in [1.54, 1.807) is 0 Å². The minimum atomic E-state index is -0.512. The number of halogens is 2. The minimum Gasteiger partial charge on any atom is -0.485 e. The van der Waals surface area contributed by atoms with E-state index in [4.69, 9.17) is 4.74 Å². The van der Waals surface area contributed by atoms with E-state index in [9.17, 15) is 8.78 Å². The Bertz CT molecular complexity index is 438. The van der Waals surface area contributed by atoms with Crippen LogP contribution < -0.4 is 10.1 Å². The Morgan fingerprint density at radius 2 is 1.95 bits per heavy atom. The monoisotopic (exact) mass is 269 g/mol. The zero-order valence-corrected chi connectivity index (χ0v) is 11.6. The Hall–Kier alpha value is -1.16. The summed E-state index contributed by atoms with van der Waals surface area (Å²) < 4.78 is 32.6. The van der Waals surface area contributed by atoms with Gasteiger partial charge in [-0.25, -0.2) is 8.78 Å². The predicted octanol–water partition coefficient (Wildman–Crippen LogP) is 3.37. The summed E-state index contributed by atoms with van der Waals surface area (Å²) in [5.41, 5.74) is 0. The smallest absolute Gasteiger partial charge is 0.165 e. The number of likely N-dealkylation sites (N-methyl/N-ethyl adjacent to an activating group) is 1. The summed E-state index contributed by atoms with van der Waals surface area (Å²) in [6.45, 7) is 4.31. The van der Waals surface area contributed by atoms with Crippen molar-refractivity contribution in [2.45, 2.75) is 38.8 Å². The standard InChI is InChI=1S/C15H21F2NO/c1-9-6-10(2)15(13(7-9)18-3)19-14-8-11(16)4-5-12(14)17/h4-5,8-10,13,15,18H,6-7H2,1-3H3. The molecule has 1 N–H and O–H groups in total. The Kier molecular flexibility index (Phi) is 4.40. The third-order valence-corrected chi connectivity index (χ3v) is 3.91. The molecule has 0 amide bonds. The fourth-order valence-electron chi connectivity index (χ4n) is 3.02. The molecule has 4 heteroatoms. The first-order valence-corrected chi connectivity index (χ1v) is 6.80. The van der Waals surface area contributed by atoms with E-state index in [0.29, 0.717) is 11.8 Å². The number of benzene rings is 1. The summed E-state index contributed by atoms with van der Waals surface area (Å²) in [7, 11) is 1.88. The van der Waals surface area contributed by atoms with Gasteiger partial charge in [-0.2, -0.15) is 0 Å². The molecule has 4 atom stereocenters. The molecular weight excluding hydrogens is 248 g/mol. The van der Waals surface area contributed by atoms with Crippen LogP contribution in [0.15, 0.2) is 18.2 Å². The number of hydrogen-bond donors (Lipinski definition) is 1. The Labute approximate surface area is 113 Å². The van der Waals surface area contributed by atoms with Crippen molar-refractivity contribution in [1.29, 1.82) is 0 Å². The van der Waals surface area contributed by atoms with Crippen LogP contribution in [0.5, 0.6) is 5.75 Å². The van der Waals surface area contributed by atoms with Crippen LogP contribution in [0.4, 0.5) is 8.78 Å². The first kappa shape index (κ1) is 14.3. The maximum absolute atomic E-state index is 13.6. The molecule has 2 rings (SSSR count). The number of nitrogens with one attached hydrogen (secondary N) is 1. The zero-order chi connectivity index (χ0) is 14.0. The molecule has 1 fully saturated rings. The molecule has 19 heavy (non-hydrogen) atoms. The number of hydrogen-bond acceptors (Lipinski definition) is 2. The van der Waals surface area contributed by atoms with Gasteiger partial charge in [0, 0.05) is 12.1 Å². The third kappa shape index (κ3) is 3.24. The van der Waals surface area contributed by atoms with E-state index in [1.165, 1.54) is 0 Å². The third-order valence-electron chi connectivity index (χ3n) is 3.91. The molecule has 0 radical (unpaired) electrons. The SMILES string of the molecule is CNC1CC(C)CC(C)C1Oc1cc(F)ccc1F. The molecule has 0 aliphatic heterocycles. The average molecular weight is 269 g/mol. The van der Waals surface area contributed by atoms with Crippen LogP contribution in [0.3, 0.4) is 0 Å². The van der Waals surface area contributed by atoms with Crippen molar-refractivity contribution in [3.8, 4) is 5.75 Å². The van der Waals surface area contributed by atoms with E-state index >= 15 is 0 Å². The average Bonchev–Trinajstić information content (AvgIpc) is 2.36. The molecule has 0 heterocycles. The van der Waals surface area contributed by atoms with Gasteiger partial charge in [0.2, 0.25) is 0 Å². The molecule has 0 bridgehead atoms. The van der Waals surface area contributed by atoms with E-state index in [1.807, 2.05) is 7.05 Å². The molecule has 1 aromatic carbocycles. The van der Waals surface area contributed by atoms with Crippen molar-refractivity contribution in [1.82, 2.24) is 5.32 Å². The summed E-state index contributed by atoms with van der Waals surface area (Å²) >= 11 is 0. The Morgan fingerprint density at radius 3 is 2.63 bits per heavy atom. The maximum atomic E-state index is 13.6. The van der Waals surface area contributed by atoms with Gasteiger partial charge >= 0.3 is 0 Å². The van der Waals surface area contributed by atoms with Crippen LogP contribution in [0.25, 0.3) is 0 Å². The fourth-order valence-corrected chi connectivity index (χ4v) is 3.02. The minimum absolute atomic E-state index is 0.00616. The summed E-state index contributed by atoms with van der Waals surface area (Å²) in [6, 6.07) is 3.49. The van der Waals surface area contributed by atoms with Gasteiger partial charge in [0.25, 0.3) is 0 Å². The summed E-state index contributed by atoms with van der Waals surface area (Å²) in [4.78, 5) is 0. The molecule has 0 saturated heterocycles. The first-order valence-electron chi connectivity index (χ1n) is 6.80. The fraction of sp³-hybridized carbons (Fsp3) is 0.600. The van der Waals surface area contributed by atoms with Crippen molar-refractivity contribution < 1.29 is 13.5 Å². The lowest BCUT2D eigenvalue weighted by molar-refractivity contribution is 0.0474. The van der Waals surface area contributed by atoms with Gasteiger partial charge in [-0.1, -0.05) is 13.8 Å². The number of ether oxygens (including phenoxy) is 1. The molecule has 1 aromatic rings. The molecule has 1 saturated carbocycles. The van der Waals surface area contributed by atoms with Gasteiger partial charge in [0.15, 0.2) is 11.6 Å². The maximum Gasteiger partial charge on any atom is 0.165 e. The summed E-state index contributed by atoms with van der Waals surface area (Å²) in [6.07, 6.45) is 1.90. The van der Waals surface area contributed by atoms with Crippen molar-refractivity contribution in [2.24, 2.45) is 11.8 Å². The second-order valence-corrected chi connectivity index (χ2v) is 5.61. The molecule has 2 nitrogen and oxygen atoms in total. The van der Waals surface area contributed by atoms with Gasteiger partial charge in [0.05, 0.1) is 0 Å². The largest absolute Gasteiger partial charge is 0.485 e. The van der Waals surface area contributed by atoms with Gasteiger partial charge in [-0.05, 0) is 43.9 Å². The summed E-state index contributed by atoms with van der Waals surface area (Å²) in [5.74, 6) is -0.0588. The van der Waals surface area contributed by atoms with Crippen LogP contribution >= 0.6 is 0 Å². The van der Waals surface area contributed by atoms with Gasteiger partial charge in [-0.3, -0.25) is 0 Å². The lowest BCUT2D eigenvalue weighted by atomic mass is 9.78. The highest BCUT2D eigenvalue weighted by atomic mass is 19.1. The van der Waals surface area contributed by atoms with Crippen molar-refractivity contribution >= 4 is 0 Å². The summed E-state index contributed by atoms with van der Waals surface area (Å²) in [5, 5.41) is 3.23. The molecule has 0 aromatic heterocycles. The van der Waals surface area contributed by atoms with E-state index in [0.717, 1.165) is 31.0 Å². The predicted molar refractivity (Wildman–Crippen MR) is 71.2 cm³/mol. The second-order valence-electron chi connectivity index (χ2n) is 5.61. The highest BCUT2D eigenvalue weighted by Crippen LogP contribution is 2.32. The van der Waals surface area contributed by atoms with Gasteiger partial charge in [0.1, 0.15) is 11.9 Å². The van der Waals surface area contributed by atoms with E-state index in [2.05, 4.69) is 19.2 Å². The molecule has 1 aliphatic rings. The quantitative estimate of drug-likeness (QED) is 0.908. The normalized spacial score (nSPS) is 31.2. The van der Waals surface area contributed by atoms with Crippen LogP contribution in [0, 0.1) is 23.5 Å². The molecule has 106 valence electrons. The zero-order valence-electron chi connectivity index (χ0n) is 11.6. The lowest BCUT2D eigenvalue weighted by Crippen LogP contribution is -2.49. The first-order chi connectivity index (χ1) is 9.01. The van der Waals surface area contributed by atoms with Crippen LogP contribution in [0.2, 0.25) is 0 Å². The van der Waals surface area contributed by atoms with Crippen LogP contribution in [0.1, 0.15) is 26.7 Å². The molecule has 0 spiro atoms. The van der Waals surface area contributed by atoms with Crippen molar-refractivity contribution in [3.63, 3.8) is 0 Å². The van der Waals surface area contributed by atoms with Crippen molar-refractivity contribution in [2.75, 3.05) is 7.05 Å². The second kappa shape index (κ2) is 5.87. The number of rotatable bonds is 3. The topological polar surface area (TPSA) is 21.3 Å². The lowest BCUT2D eigenvalue weighted by Gasteiger charge is -2.39. The van der Waals surface area contributed by atoms with E-state index in [-0.39, 0.29) is 17.9 Å². The molecule has 1 aliphatic carbocycles. The van der Waals surface area contributed by atoms with Crippen molar-refractivity contribution in [3.05, 3.63) is 29.8 Å². The Balaban J connectivity index is 2.17. The van der Waals surface area contributed by atoms with Gasteiger partial charge < -0.3 is 10.1 Å². The highest BCUT2D eigenvalue weighted by molar-refractivity contribution is 5.25. The Morgan fingerprint density at radius 1 is 1.21 bits per heavy atom. The highest BCUT2D eigenvalue weighted by Gasteiger charge is 2.35. The van der Waals surface area contributed by atoms with Crippen LogP contribution in [-0.2, 0) is 0 Å².